The van der Waals surface area contributed by atoms with Crippen LogP contribution in [0.5, 0.6) is 0 Å². The van der Waals surface area contributed by atoms with Gasteiger partial charge in [0.1, 0.15) is 0 Å². The standard InChI is InChI=1S/C11H20N2O2S/c14-11(15)9-3-7-13(8-4-9)16-10-1-5-12-6-2-10/h9-10,12H,1-8H2,(H,14,15). The van der Waals surface area contributed by atoms with Crippen molar-refractivity contribution in [1.29, 1.82) is 0 Å². The summed E-state index contributed by atoms with van der Waals surface area (Å²) < 4.78 is 2.37. The van der Waals surface area contributed by atoms with Gasteiger partial charge in [0.2, 0.25) is 0 Å². The zero-order chi connectivity index (χ0) is 11.4. The topological polar surface area (TPSA) is 52.6 Å². The van der Waals surface area contributed by atoms with E-state index in [1.165, 1.54) is 12.8 Å². The van der Waals surface area contributed by atoms with Crippen LogP contribution < -0.4 is 5.32 Å². The normalized spacial score (nSPS) is 25.8. The summed E-state index contributed by atoms with van der Waals surface area (Å²) in [6, 6.07) is 0. The summed E-state index contributed by atoms with van der Waals surface area (Å²) in [5.74, 6) is -0.726. The van der Waals surface area contributed by atoms with E-state index in [1.807, 2.05) is 11.9 Å². The molecule has 2 saturated heterocycles. The Kier molecular flexibility index (Phi) is 4.49. The second-order valence-electron chi connectivity index (χ2n) is 4.60. The zero-order valence-electron chi connectivity index (χ0n) is 9.52. The fourth-order valence-electron chi connectivity index (χ4n) is 2.32. The Morgan fingerprint density at radius 3 is 2.38 bits per heavy atom. The Morgan fingerprint density at radius 1 is 1.19 bits per heavy atom. The number of carboxylic acids is 1. The molecule has 0 radical (unpaired) electrons. The van der Waals surface area contributed by atoms with E-state index in [-0.39, 0.29) is 5.92 Å². The number of rotatable bonds is 3. The van der Waals surface area contributed by atoms with Crippen molar-refractivity contribution in [3.8, 4) is 0 Å². The summed E-state index contributed by atoms with van der Waals surface area (Å²) in [6.45, 7) is 4.13. The molecule has 0 aliphatic carbocycles. The predicted molar refractivity (Wildman–Crippen MR) is 65.4 cm³/mol. The average Bonchev–Trinajstić information content (AvgIpc) is 2.31. The van der Waals surface area contributed by atoms with E-state index < -0.39 is 5.97 Å². The molecular weight excluding hydrogens is 224 g/mol. The second-order valence-corrected chi connectivity index (χ2v) is 5.99. The number of carbonyl (C=O) groups is 1. The summed E-state index contributed by atoms with van der Waals surface area (Å²) in [7, 11) is 0. The van der Waals surface area contributed by atoms with Gasteiger partial charge < -0.3 is 10.4 Å². The molecule has 2 fully saturated rings. The van der Waals surface area contributed by atoms with Crippen LogP contribution in [0.15, 0.2) is 0 Å². The average molecular weight is 244 g/mol. The van der Waals surface area contributed by atoms with Crippen molar-refractivity contribution in [2.45, 2.75) is 30.9 Å². The van der Waals surface area contributed by atoms with Crippen LogP contribution in [0.1, 0.15) is 25.7 Å². The zero-order valence-corrected chi connectivity index (χ0v) is 10.3. The first kappa shape index (κ1) is 12.2. The Hall–Kier alpha value is -0.260. The molecule has 0 aromatic rings. The lowest BCUT2D eigenvalue weighted by Crippen LogP contribution is -2.36. The first-order valence-corrected chi connectivity index (χ1v) is 6.94. The molecule has 2 aliphatic heterocycles. The van der Waals surface area contributed by atoms with Gasteiger partial charge in [-0.3, -0.25) is 9.10 Å². The third-order valence-electron chi connectivity index (χ3n) is 3.39. The van der Waals surface area contributed by atoms with Gasteiger partial charge in [0, 0.05) is 18.3 Å². The van der Waals surface area contributed by atoms with E-state index in [1.54, 1.807) is 0 Å². The SMILES string of the molecule is O=C(O)C1CCN(SC2CCNCC2)CC1. The second kappa shape index (κ2) is 5.89. The molecule has 16 heavy (non-hydrogen) atoms. The molecule has 0 bridgehead atoms. The van der Waals surface area contributed by atoms with Crippen LogP contribution in [-0.2, 0) is 4.79 Å². The molecule has 0 atom stereocenters. The van der Waals surface area contributed by atoms with Crippen LogP contribution in [0, 0.1) is 5.92 Å². The van der Waals surface area contributed by atoms with E-state index in [9.17, 15) is 4.79 Å². The third-order valence-corrected chi connectivity index (χ3v) is 4.82. The summed E-state index contributed by atoms with van der Waals surface area (Å²) in [5, 5.41) is 13.0. The Morgan fingerprint density at radius 2 is 1.81 bits per heavy atom. The van der Waals surface area contributed by atoms with Gasteiger partial charge in [-0.2, -0.15) is 0 Å². The van der Waals surface area contributed by atoms with Gasteiger partial charge in [-0.25, -0.2) is 0 Å². The molecule has 0 aromatic heterocycles. The van der Waals surface area contributed by atoms with Crippen LogP contribution in [0.2, 0.25) is 0 Å². The van der Waals surface area contributed by atoms with Gasteiger partial charge in [-0.15, -0.1) is 0 Å². The van der Waals surface area contributed by atoms with Crippen LogP contribution >= 0.6 is 11.9 Å². The highest BCUT2D eigenvalue weighted by Gasteiger charge is 2.26. The largest absolute Gasteiger partial charge is 0.481 e. The molecule has 0 spiro atoms. The molecule has 0 unspecified atom stereocenters. The highest BCUT2D eigenvalue weighted by molar-refractivity contribution is 7.97. The molecule has 2 aliphatic rings. The molecule has 2 N–H and O–H groups in total. The lowest BCUT2D eigenvalue weighted by molar-refractivity contribution is -0.142. The van der Waals surface area contributed by atoms with Gasteiger partial charge in [-0.05, 0) is 38.8 Å². The van der Waals surface area contributed by atoms with Crippen LogP contribution in [0.3, 0.4) is 0 Å². The van der Waals surface area contributed by atoms with E-state index >= 15 is 0 Å². The van der Waals surface area contributed by atoms with Crippen LogP contribution in [0.25, 0.3) is 0 Å². The van der Waals surface area contributed by atoms with Crippen molar-refractivity contribution in [2.24, 2.45) is 5.92 Å². The van der Waals surface area contributed by atoms with Gasteiger partial charge in [0.25, 0.3) is 0 Å². The van der Waals surface area contributed by atoms with E-state index in [0.717, 1.165) is 44.3 Å². The number of nitrogens with zero attached hydrogens (tertiary/aromatic N) is 1. The molecular formula is C11H20N2O2S. The third kappa shape index (κ3) is 3.37. The maximum Gasteiger partial charge on any atom is 0.306 e. The van der Waals surface area contributed by atoms with Crippen molar-refractivity contribution in [3.63, 3.8) is 0 Å². The molecule has 92 valence electrons. The molecule has 0 amide bonds. The molecule has 2 heterocycles. The number of carboxylic acid groups (broad SMARTS) is 1. The first-order chi connectivity index (χ1) is 7.75. The number of piperidine rings is 2. The van der Waals surface area contributed by atoms with Gasteiger partial charge in [0.15, 0.2) is 0 Å². The number of nitrogens with one attached hydrogen (secondary N) is 1. The van der Waals surface area contributed by atoms with Gasteiger partial charge in [0.05, 0.1) is 5.92 Å². The molecule has 0 saturated carbocycles. The van der Waals surface area contributed by atoms with Crippen LogP contribution in [0.4, 0.5) is 0 Å². The van der Waals surface area contributed by atoms with Crippen molar-refractivity contribution < 1.29 is 9.90 Å². The Balaban J connectivity index is 1.70. The quantitative estimate of drug-likeness (QED) is 0.730. The minimum absolute atomic E-state index is 0.107. The minimum atomic E-state index is -0.619. The fourth-order valence-corrected chi connectivity index (χ4v) is 3.61. The highest BCUT2D eigenvalue weighted by atomic mass is 32.2. The monoisotopic (exact) mass is 244 g/mol. The lowest BCUT2D eigenvalue weighted by Gasteiger charge is -2.33. The van der Waals surface area contributed by atoms with E-state index in [2.05, 4.69) is 9.62 Å². The molecule has 0 aromatic carbocycles. The summed E-state index contributed by atoms with van der Waals surface area (Å²) in [6.07, 6.45) is 4.10. The van der Waals surface area contributed by atoms with Crippen molar-refractivity contribution >= 4 is 17.9 Å². The number of aliphatic carboxylic acids is 1. The minimum Gasteiger partial charge on any atom is -0.481 e. The Bertz CT molecular complexity index is 236. The maximum atomic E-state index is 10.8. The number of hydrogen-bond donors (Lipinski definition) is 2. The number of hydrogen-bond acceptors (Lipinski definition) is 4. The smallest absolute Gasteiger partial charge is 0.306 e. The van der Waals surface area contributed by atoms with E-state index in [0.29, 0.717) is 0 Å². The first-order valence-electron chi connectivity index (χ1n) is 6.11. The summed E-state index contributed by atoms with van der Waals surface area (Å²) >= 11 is 1.96. The van der Waals surface area contributed by atoms with Crippen LogP contribution in [-0.4, -0.2) is 46.8 Å². The predicted octanol–water partition coefficient (Wildman–Crippen LogP) is 1.18. The van der Waals surface area contributed by atoms with Crippen molar-refractivity contribution in [2.75, 3.05) is 26.2 Å². The molecule has 5 heteroatoms. The van der Waals surface area contributed by atoms with Crippen molar-refractivity contribution in [3.05, 3.63) is 0 Å². The summed E-state index contributed by atoms with van der Waals surface area (Å²) in [4.78, 5) is 10.8. The van der Waals surface area contributed by atoms with E-state index in [4.69, 9.17) is 5.11 Å². The maximum absolute atomic E-state index is 10.8. The molecule has 4 nitrogen and oxygen atoms in total. The van der Waals surface area contributed by atoms with Crippen molar-refractivity contribution in [1.82, 2.24) is 9.62 Å². The summed E-state index contributed by atoms with van der Waals surface area (Å²) in [5.41, 5.74) is 0. The Labute approximate surface area is 101 Å². The lowest BCUT2D eigenvalue weighted by atomic mass is 9.99. The van der Waals surface area contributed by atoms with Gasteiger partial charge in [-0.1, -0.05) is 11.9 Å². The highest BCUT2D eigenvalue weighted by Crippen LogP contribution is 2.29. The fraction of sp³-hybridized carbons (Fsp3) is 0.909. The van der Waals surface area contributed by atoms with Gasteiger partial charge >= 0.3 is 5.97 Å². The molecule has 2 rings (SSSR count).